The smallest absolute Gasteiger partial charge is 0.336 e. The number of aryl methyl sites for hydroxylation is 1. The molecule has 0 radical (unpaired) electrons. The molecule has 3 aromatic rings. The van der Waals surface area contributed by atoms with Crippen molar-refractivity contribution in [3.8, 4) is 11.4 Å². The maximum atomic E-state index is 13.2. The van der Waals surface area contributed by atoms with Crippen molar-refractivity contribution in [3.63, 3.8) is 0 Å². The molecule has 1 aromatic heterocycles. The van der Waals surface area contributed by atoms with Crippen molar-refractivity contribution in [3.05, 3.63) is 68.9 Å². The van der Waals surface area contributed by atoms with E-state index in [0.29, 0.717) is 22.3 Å². The van der Waals surface area contributed by atoms with Crippen LogP contribution in [0.25, 0.3) is 16.6 Å². The Morgan fingerprint density at radius 2 is 1.86 bits per heavy atom. The molecule has 2 aromatic carbocycles. The monoisotopic (exact) mass is 379 g/mol. The van der Waals surface area contributed by atoms with Gasteiger partial charge in [0, 0.05) is 6.04 Å². The topological polar surface area (TPSA) is 82.3 Å². The van der Waals surface area contributed by atoms with Gasteiger partial charge in [0.2, 0.25) is 5.91 Å². The van der Waals surface area contributed by atoms with E-state index in [-0.39, 0.29) is 18.5 Å². The number of amides is 1. The lowest BCUT2D eigenvalue weighted by Gasteiger charge is -2.15. The molecule has 1 saturated carbocycles. The highest BCUT2D eigenvalue weighted by atomic mass is 16.5. The van der Waals surface area contributed by atoms with Crippen LogP contribution in [0.4, 0.5) is 0 Å². The Morgan fingerprint density at radius 1 is 1.14 bits per heavy atom. The zero-order valence-electron chi connectivity index (χ0n) is 15.8. The first-order chi connectivity index (χ1) is 13.5. The zero-order valence-corrected chi connectivity index (χ0v) is 15.8. The standard InChI is InChI=1S/C21H21N3O4/c1-13-3-10-18-17(11-13)20(26)24(15-6-8-16(28-2)9-7-15)21(27)23(18)12-19(25)22-14-4-5-14/h3,6-11,14H,4-5,12H2,1-2H3,(H,22,25). The molecule has 1 fully saturated rings. The van der Waals surface area contributed by atoms with Crippen LogP contribution in [0.3, 0.4) is 0 Å². The molecule has 1 heterocycles. The summed E-state index contributed by atoms with van der Waals surface area (Å²) in [5.41, 5.74) is 0.829. The van der Waals surface area contributed by atoms with E-state index in [9.17, 15) is 14.4 Å². The van der Waals surface area contributed by atoms with Crippen molar-refractivity contribution in [1.82, 2.24) is 14.5 Å². The number of nitrogens with zero attached hydrogens (tertiary/aromatic N) is 2. The van der Waals surface area contributed by atoms with Gasteiger partial charge in [-0.1, -0.05) is 11.6 Å². The molecule has 0 spiro atoms. The molecule has 0 aliphatic heterocycles. The lowest BCUT2D eigenvalue weighted by molar-refractivity contribution is -0.121. The van der Waals surface area contributed by atoms with Crippen LogP contribution >= 0.6 is 0 Å². The molecule has 1 amide bonds. The number of benzene rings is 2. The Hall–Kier alpha value is -3.35. The van der Waals surface area contributed by atoms with Crippen LogP contribution < -0.4 is 21.3 Å². The Labute approximate surface area is 161 Å². The molecule has 0 saturated heterocycles. The van der Waals surface area contributed by atoms with Gasteiger partial charge in [-0.05, 0) is 56.2 Å². The number of ether oxygens (including phenoxy) is 1. The first-order valence-corrected chi connectivity index (χ1v) is 9.18. The quantitative estimate of drug-likeness (QED) is 0.732. The Morgan fingerprint density at radius 3 is 2.50 bits per heavy atom. The predicted molar refractivity (Wildman–Crippen MR) is 106 cm³/mol. The van der Waals surface area contributed by atoms with Gasteiger partial charge < -0.3 is 10.1 Å². The average molecular weight is 379 g/mol. The molecule has 7 heteroatoms. The van der Waals surface area contributed by atoms with Gasteiger partial charge in [0.15, 0.2) is 0 Å². The van der Waals surface area contributed by atoms with E-state index in [2.05, 4.69) is 5.32 Å². The second-order valence-electron chi connectivity index (χ2n) is 7.07. The third kappa shape index (κ3) is 3.31. The molecule has 0 bridgehead atoms. The molecule has 1 aliphatic carbocycles. The minimum Gasteiger partial charge on any atom is -0.497 e. The largest absolute Gasteiger partial charge is 0.497 e. The van der Waals surface area contributed by atoms with Crippen molar-refractivity contribution in [1.29, 1.82) is 0 Å². The van der Waals surface area contributed by atoms with Crippen LogP contribution in [-0.2, 0) is 11.3 Å². The van der Waals surface area contributed by atoms with Crippen molar-refractivity contribution < 1.29 is 9.53 Å². The fraction of sp³-hybridized carbons (Fsp3) is 0.286. The van der Waals surface area contributed by atoms with Crippen molar-refractivity contribution >= 4 is 16.8 Å². The van der Waals surface area contributed by atoms with E-state index < -0.39 is 11.2 Å². The zero-order chi connectivity index (χ0) is 19.8. The van der Waals surface area contributed by atoms with E-state index in [0.717, 1.165) is 23.0 Å². The number of fused-ring (bicyclic) bond motifs is 1. The van der Waals surface area contributed by atoms with Gasteiger partial charge in [0.1, 0.15) is 12.3 Å². The average Bonchev–Trinajstić information content (AvgIpc) is 3.50. The summed E-state index contributed by atoms with van der Waals surface area (Å²) in [4.78, 5) is 38.7. The molecule has 28 heavy (non-hydrogen) atoms. The van der Waals surface area contributed by atoms with E-state index in [1.807, 2.05) is 13.0 Å². The van der Waals surface area contributed by atoms with E-state index in [1.54, 1.807) is 43.5 Å². The van der Waals surface area contributed by atoms with E-state index in [4.69, 9.17) is 4.74 Å². The summed E-state index contributed by atoms with van der Waals surface area (Å²) < 4.78 is 7.61. The number of hydrogen-bond acceptors (Lipinski definition) is 4. The van der Waals surface area contributed by atoms with Crippen LogP contribution in [0.2, 0.25) is 0 Å². The second kappa shape index (κ2) is 6.99. The first-order valence-electron chi connectivity index (χ1n) is 9.18. The summed E-state index contributed by atoms with van der Waals surface area (Å²) in [5.74, 6) is 0.393. The van der Waals surface area contributed by atoms with Gasteiger partial charge in [-0.15, -0.1) is 0 Å². The summed E-state index contributed by atoms with van der Waals surface area (Å²) in [7, 11) is 1.55. The summed E-state index contributed by atoms with van der Waals surface area (Å²) in [5, 5.41) is 3.29. The van der Waals surface area contributed by atoms with Gasteiger partial charge >= 0.3 is 5.69 Å². The number of aromatic nitrogens is 2. The van der Waals surface area contributed by atoms with Gasteiger partial charge in [0.25, 0.3) is 5.56 Å². The summed E-state index contributed by atoms with van der Waals surface area (Å²) in [6, 6.07) is 12.2. The first kappa shape index (κ1) is 18.0. The molecular formula is C21H21N3O4. The predicted octanol–water partition coefficient (Wildman–Crippen LogP) is 1.75. The second-order valence-corrected chi connectivity index (χ2v) is 7.07. The highest BCUT2D eigenvalue weighted by Crippen LogP contribution is 2.19. The summed E-state index contributed by atoms with van der Waals surface area (Å²) in [6.07, 6.45) is 1.93. The molecule has 0 unspecified atom stereocenters. The molecule has 0 atom stereocenters. The van der Waals surface area contributed by atoms with Crippen LogP contribution in [-0.4, -0.2) is 28.2 Å². The molecular weight excluding hydrogens is 358 g/mol. The van der Waals surface area contributed by atoms with Crippen molar-refractivity contribution in [2.75, 3.05) is 7.11 Å². The van der Waals surface area contributed by atoms with Gasteiger partial charge in [0.05, 0.1) is 23.7 Å². The highest BCUT2D eigenvalue weighted by molar-refractivity contribution is 5.82. The van der Waals surface area contributed by atoms with Gasteiger partial charge in [-0.2, -0.15) is 0 Å². The number of methoxy groups -OCH3 is 1. The SMILES string of the molecule is COc1ccc(-n2c(=O)c3cc(C)ccc3n(CC(=O)NC3CC3)c2=O)cc1. The number of carbonyl (C=O) groups is 1. The van der Waals surface area contributed by atoms with Crippen molar-refractivity contribution in [2.24, 2.45) is 0 Å². The Balaban J connectivity index is 1.91. The maximum Gasteiger partial charge on any atom is 0.336 e. The fourth-order valence-electron chi connectivity index (χ4n) is 3.24. The minimum atomic E-state index is -0.544. The van der Waals surface area contributed by atoms with Crippen LogP contribution in [0, 0.1) is 6.92 Å². The third-order valence-corrected chi connectivity index (χ3v) is 4.87. The van der Waals surface area contributed by atoms with Gasteiger partial charge in [-0.25, -0.2) is 9.36 Å². The van der Waals surface area contributed by atoms with Crippen LogP contribution in [0.1, 0.15) is 18.4 Å². The molecule has 7 nitrogen and oxygen atoms in total. The fourth-order valence-corrected chi connectivity index (χ4v) is 3.24. The number of hydrogen-bond donors (Lipinski definition) is 1. The number of carbonyl (C=O) groups excluding carboxylic acids is 1. The molecule has 4 rings (SSSR count). The van der Waals surface area contributed by atoms with Crippen LogP contribution in [0.5, 0.6) is 5.75 Å². The number of rotatable bonds is 5. The lowest BCUT2D eigenvalue weighted by Crippen LogP contribution is -2.42. The molecule has 1 aliphatic rings. The van der Waals surface area contributed by atoms with Crippen LogP contribution in [0.15, 0.2) is 52.1 Å². The van der Waals surface area contributed by atoms with E-state index in [1.165, 1.54) is 4.57 Å². The third-order valence-electron chi connectivity index (χ3n) is 4.87. The van der Waals surface area contributed by atoms with Gasteiger partial charge in [-0.3, -0.25) is 14.2 Å². The summed E-state index contributed by atoms with van der Waals surface area (Å²) in [6.45, 7) is 1.75. The number of nitrogens with one attached hydrogen (secondary N) is 1. The molecule has 1 N–H and O–H groups in total. The minimum absolute atomic E-state index is 0.134. The Bertz CT molecular complexity index is 1170. The summed E-state index contributed by atoms with van der Waals surface area (Å²) >= 11 is 0. The molecule has 144 valence electrons. The van der Waals surface area contributed by atoms with Crippen molar-refractivity contribution in [2.45, 2.75) is 32.4 Å². The normalized spacial score (nSPS) is 13.5. The van der Waals surface area contributed by atoms with E-state index >= 15 is 0 Å². The lowest BCUT2D eigenvalue weighted by atomic mass is 10.1. The highest BCUT2D eigenvalue weighted by Gasteiger charge is 2.24. The maximum absolute atomic E-state index is 13.2. The Kier molecular flexibility index (Phi) is 4.50.